The molecular weight excluding hydrogens is 505 g/mol. The number of methoxy groups -OCH3 is 2. The van der Waals surface area contributed by atoms with Crippen LogP contribution >= 0.6 is 23.1 Å². The number of thioether (sulfide) groups is 1. The van der Waals surface area contributed by atoms with Gasteiger partial charge in [-0.25, -0.2) is 4.90 Å². The number of para-hydroxylation sites is 1. The molecule has 2 aliphatic heterocycles. The minimum absolute atomic E-state index is 0.355. The van der Waals surface area contributed by atoms with Crippen molar-refractivity contribution in [1.82, 2.24) is 4.98 Å². The summed E-state index contributed by atoms with van der Waals surface area (Å²) in [6.45, 7) is 0. The molecule has 0 saturated carbocycles. The first-order chi connectivity index (χ1) is 16.7. The zero-order chi connectivity index (χ0) is 25.1. The SMILES string of the molecule is COc1ccc([C@@H]2c3sc(=O)[nH]c3S[C@H]3C(=O)N(c4ccccc4C(F)(F)F)C(=O)[C@@H]23)cc1OC. The third-order valence-corrected chi connectivity index (χ3v) is 8.44. The number of fused-ring (bicyclic) bond motifs is 2. The van der Waals surface area contributed by atoms with Gasteiger partial charge in [-0.05, 0) is 29.8 Å². The van der Waals surface area contributed by atoms with Gasteiger partial charge in [0.15, 0.2) is 11.5 Å². The number of alkyl halides is 3. The first-order valence-electron chi connectivity index (χ1n) is 10.3. The highest BCUT2D eigenvalue weighted by atomic mass is 32.2. The van der Waals surface area contributed by atoms with E-state index < -0.39 is 46.3 Å². The molecule has 182 valence electrons. The highest BCUT2D eigenvalue weighted by Gasteiger charge is 2.57. The summed E-state index contributed by atoms with van der Waals surface area (Å²) in [6, 6.07) is 9.48. The summed E-state index contributed by atoms with van der Waals surface area (Å²) in [5.41, 5.74) is -1.01. The van der Waals surface area contributed by atoms with E-state index in [1.54, 1.807) is 18.2 Å². The number of hydrogen-bond donors (Lipinski definition) is 1. The number of aromatic amines is 1. The Hall–Kier alpha value is -3.25. The summed E-state index contributed by atoms with van der Waals surface area (Å²) < 4.78 is 51.8. The maximum atomic E-state index is 13.7. The minimum Gasteiger partial charge on any atom is -0.493 e. The van der Waals surface area contributed by atoms with Crippen molar-refractivity contribution < 1.29 is 32.2 Å². The largest absolute Gasteiger partial charge is 0.493 e. The van der Waals surface area contributed by atoms with Gasteiger partial charge in [-0.2, -0.15) is 13.2 Å². The van der Waals surface area contributed by atoms with Crippen LogP contribution < -0.4 is 19.2 Å². The molecule has 2 aromatic carbocycles. The van der Waals surface area contributed by atoms with Gasteiger partial charge in [-0.1, -0.05) is 41.3 Å². The van der Waals surface area contributed by atoms with Crippen LogP contribution in [-0.2, 0) is 15.8 Å². The third-order valence-electron chi connectivity index (χ3n) is 6.04. The van der Waals surface area contributed by atoms with Gasteiger partial charge >= 0.3 is 11.0 Å². The van der Waals surface area contributed by atoms with Gasteiger partial charge in [-0.15, -0.1) is 0 Å². The number of ether oxygens (including phenoxy) is 2. The van der Waals surface area contributed by atoms with Crippen molar-refractivity contribution in [2.24, 2.45) is 5.92 Å². The predicted molar refractivity (Wildman–Crippen MR) is 123 cm³/mol. The van der Waals surface area contributed by atoms with Crippen LogP contribution in [0.4, 0.5) is 18.9 Å². The maximum absolute atomic E-state index is 13.7. The van der Waals surface area contributed by atoms with E-state index in [2.05, 4.69) is 4.98 Å². The fraction of sp³-hybridized carbons (Fsp3) is 0.261. The lowest BCUT2D eigenvalue weighted by Crippen LogP contribution is -2.33. The smallest absolute Gasteiger partial charge is 0.418 e. The van der Waals surface area contributed by atoms with Crippen LogP contribution in [0, 0.1) is 5.92 Å². The molecule has 2 aliphatic rings. The molecule has 2 amide bonds. The number of halogens is 3. The summed E-state index contributed by atoms with van der Waals surface area (Å²) >= 11 is 1.90. The highest BCUT2D eigenvalue weighted by Crippen LogP contribution is 2.54. The summed E-state index contributed by atoms with van der Waals surface area (Å²) in [5.74, 6) is -2.47. The number of nitrogens with one attached hydrogen (secondary N) is 1. The quantitative estimate of drug-likeness (QED) is 0.515. The summed E-state index contributed by atoms with van der Waals surface area (Å²) in [6.07, 6.45) is -4.76. The number of carbonyl (C=O) groups is 2. The topological polar surface area (TPSA) is 88.7 Å². The van der Waals surface area contributed by atoms with Crippen molar-refractivity contribution in [3.05, 3.63) is 68.1 Å². The summed E-state index contributed by atoms with van der Waals surface area (Å²) in [5, 5.41) is -0.590. The van der Waals surface area contributed by atoms with Crippen LogP contribution in [0.5, 0.6) is 11.5 Å². The van der Waals surface area contributed by atoms with Gasteiger partial charge in [0.25, 0.3) is 0 Å². The Morgan fingerprint density at radius 3 is 2.37 bits per heavy atom. The Morgan fingerprint density at radius 1 is 0.971 bits per heavy atom. The van der Waals surface area contributed by atoms with Gasteiger partial charge in [0.1, 0.15) is 5.25 Å². The first-order valence-corrected chi connectivity index (χ1v) is 12.0. The van der Waals surface area contributed by atoms with Crippen molar-refractivity contribution >= 4 is 40.6 Å². The van der Waals surface area contributed by atoms with E-state index in [0.29, 0.717) is 31.9 Å². The number of imide groups is 1. The van der Waals surface area contributed by atoms with E-state index in [0.717, 1.165) is 35.2 Å². The van der Waals surface area contributed by atoms with Gasteiger partial charge in [0.2, 0.25) is 11.8 Å². The van der Waals surface area contributed by atoms with Gasteiger partial charge in [0, 0.05) is 10.8 Å². The Morgan fingerprint density at radius 2 is 1.69 bits per heavy atom. The van der Waals surface area contributed by atoms with E-state index in [-0.39, 0.29) is 4.87 Å². The first kappa shape index (κ1) is 23.5. The monoisotopic (exact) mass is 522 g/mol. The summed E-state index contributed by atoms with van der Waals surface area (Å²) in [4.78, 5) is 42.8. The number of rotatable bonds is 4. The van der Waals surface area contributed by atoms with Crippen LogP contribution in [0.25, 0.3) is 0 Å². The average Bonchev–Trinajstić information content (AvgIpc) is 3.32. The zero-order valence-corrected chi connectivity index (χ0v) is 19.8. The Kier molecular flexibility index (Phi) is 5.67. The van der Waals surface area contributed by atoms with Crippen molar-refractivity contribution in [2.75, 3.05) is 19.1 Å². The third kappa shape index (κ3) is 3.71. The molecule has 1 aromatic heterocycles. The van der Waals surface area contributed by atoms with Crippen LogP contribution in [0.1, 0.15) is 21.9 Å². The number of thiazole rings is 1. The predicted octanol–water partition coefficient (Wildman–Crippen LogP) is 4.27. The molecule has 0 bridgehead atoms. The number of aromatic nitrogens is 1. The molecule has 1 fully saturated rings. The number of carbonyl (C=O) groups excluding carboxylic acids is 2. The van der Waals surface area contributed by atoms with Gasteiger partial charge in [-0.3, -0.25) is 14.4 Å². The van der Waals surface area contributed by atoms with Crippen molar-refractivity contribution in [3.63, 3.8) is 0 Å². The maximum Gasteiger partial charge on any atom is 0.418 e. The van der Waals surface area contributed by atoms with Crippen molar-refractivity contribution in [2.45, 2.75) is 22.4 Å². The van der Waals surface area contributed by atoms with Crippen LogP contribution in [-0.4, -0.2) is 36.3 Å². The standard InChI is InChI=1S/C23H17F3N2O5S2/c1-32-13-8-7-10(9-14(13)33-2)15-16-18(34-19-17(15)35-22(31)27-19)21(30)28(20(16)29)12-6-4-3-5-11(12)23(24,25)26/h3-9,15-16,18H,1-2H3,(H,27,31)/t15-,16-,18+/m0/s1. The molecular formula is C23H17F3N2O5S2. The van der Waals surface area contributed by atoms with E-state index in [1.807, 2.05) is 0 Å². The molecule has 3 aromatic rings. The molecule has 0 aliphatic carbocycles. The number of amides is 2. The van der Waals surface area contributed by atoms with Gasteiger partial charge < -0.3 is 14.5 Å². The fourth-order valence-corrected chi connectivity index (χ4v) is 7.08. The lowest BCUT2D eigenvalue weighted by atomic mass is 9.83. The Bertz CT molecular complexity index is 1400. The Balaban J connectivity index is 1.67. The van der Waals surface area contributed by atoms with Gasteiger partial charge in [0.05, 0.1) is 36.4 Å². The fourth-order valence-electron chi connectivity index (χ4n) is 4.57. The van der Waals surface area contributed by atoms with E-state index in [4.69, 9.17) is 9.47 Å². The number of hydrogen-bond acceptors (Lipinski definition) is 7. The summed E-state index contributed by atoms with van der Waals surface area (Å²) in [7, 11) is 2.91. The Labute approximate surface area is 204 Å². The molecule has 1 saturated heterocycles. The lowest BCUT2D eigenvalue weighted by Gasteiger charge is -2.30. The molecule has 35 heavy (non-hydrogen) atoms. The minimum atomic E-state index is -4.76. The van der Waals surface area contributed by atoms with Crippen LogP contribution in [0.2, 0.25) is 0 Å². The molecule has 5 rings (SSSR count). The average molecular weight is 523 g/mol. The second-order valence-corrected chi connectivity index (χ2v) is 10.1. The molecule has 3 heterocycles. The van der Waals surface area contributed by atoms with Crippen LogP contribution in [0.15, 0.2) is 52.3 Å². The number of benzene rings is 2. The lowest BCUT2D eigenvalue weighted by molar-refractivity contribution is -0.137. The normalized spacial score (nSPS) is 21.6. The van der Waals surface area contributed by atoms with Crippen molar-refractivity contribution in [1.29, 1.82) is 0 Å². The molecule has 12 heteroatoms. The number of anilines is 1. The number of nitrogens with zero attached hydrogens (tertiary/aromatic N) is 1. The second-order valence-electron chi connectivity index (χ2n) is 7.89. The molecule has 0 radical (unpaired) electrons. The van der Waals surface area contributed by atoms with E-state index in [1.165, 1.54) is 26.4 Å². The van der Waals surface area contributed by atoms with E-state index >= 15 is 0 Å². The zero-order valence-electron chi connectivity index (χ0n) is 18.2. The molecule has 3 atom stereocenters. The molecule has 0 spiro atoms. The van der Waals surface area contributed by atoms with Crippen LogP contribution in [0.3, 0.4) is 0 Å². The highest BCUT2D eigenvalue weighted by molar-refractivity contribution is 8.00. The second kappa shape index (κ2) is 8.45. The molecule has 0 unspecified atom stereocenters. The number of H-pyrrole nitrogens is 1. The van der Waals surface area contributed by atoms with Crippen molar-refractivity contribution in [3.8, 4) is 11.5 Å². The molecule has 7 nitrogen and oxygen atoms in total. The molecule has 1 N–H and O–H groups in total. The van der Waals surface area contributed by atoms with E-state index in [9.17, 15) is 27.6 Å².